The van der Waals surface area contributed by atoms with Crippen molar-refractivity contribution in [1.29, 1.82) is 0 Å². The van der Waals surface area contributed by atoms with Gasteiger partial charge in [-0.3, -0.25) is 0 Å². The van der Waals surface area contributed by atoms with Crippen molar-refractivity contribution >= 4 is 11.7 Å². The van der Waals surface area contributed by atoms with Crippen molar-refractivity contribution < 1.29 is 9.90 Å². The van der Waals surface area contributed by atoms with Crippen LogP contribution in [0.25, 0.3) is 0 Å². The highest BCUT2D eigenvalue weighted by atomic mass is 16.4. The Bertz CT molecular complexity index is 360. The number of hydrogen-bond donors (Lipinski definition) is 2. The van der Waals surface area contributed by atoms with E-state index in [1.165, 1.54) is 5.56 Å². The van der Waals surface area contributed by atoms with E-state index in [9.17, 15) is 4.79 Å². The maximum atomic E-state index is 10.7. The molecule has 0 radical (unpaired) electrons. The molecule has 0 aromatic heterocycles. The summed E-state index contributed by atoms with van der Waals surface area (Å²) in [4.78, 5) is 10.7. The molecule has 2 rings (SSSR count). The molecular formula is C10H11NO2. The van der Waals surface area contributed by atoms with Crippen LogP contribution in [0.2, 0.25) is 0 Å². The van der Waals surface area contributed by atoms with Gasteiger partial charge in [-0.1, -0.05) is 17.7 Å². The van der Waals surface area contributed by atoms with Gasteiger partial charge in [0.2, 0.25) is 0 Å². The van der Waals surface area contributed by atoms with Crippen LogP contribution in [-0.4, -0.2) is 17.1 Å². The van der Waals surface area contributed by atoms with E-state index in [4.69, 9.17) is 5.11 Å². The quantitative estimate of drug-likeness (QED) is 0.682. The van der Waals surface area contributed by atoms with E-state index in [2.05, 4.69) is 5.32 Å². The molecule has 1 unspecified atom stereocenters. The summed E-state index contributed by atoms with van der Waals surface area (Å²) in [6.45, 7) is 2.01. The van der Waals surface area contributed by atoms with E-state index >= 15 is 0 Å². The first kappa shape index (κ1) is 8.10. The zero-order chi connectivity index (χ0) is 9.42. The maximum absolute atomic E-state index is 10.7. The lowest BCUT2D eigenvalue weighted by Gasteiger charge is -2.03. The summed E-state index contributed by atoms with van der Waals surface area (Å²) in [5.74, 6) is -0.783. The van der Waals surface area contributed by atoms with E-state index in [1.54, 1.807) is 0 Å². The molecule has 0 aliphatic carbocycles. The smallest absolute Gasteiger partial charge is 0.326 e. The fourth-order valence-corrected chi connectivity index (χ4v) is 1.64. The maximum Gasteiger partial charge on any atom is 0.326 e. The van der Waals surface area contributed by atoms with Crippen molar-refractivity contribution in [1.82, 2.24) is 0 Å². The number of aryl methyl sites for hydroxylation is 1. The van der Waals surface area contributed by atoms with Crippen LogP contribution in [0.1, 0.15) is 11.1 Å². The summed E-state index contributed by atoms with van der Waals surface area (Å²) in [7, 11) is 0. The third-order valence-electron chi connectivity index (χ3n) is 2.31. The Morgan fingerprint density at radius 3 is 3.08 bits per heavy atom. The largest absolute Gasteiger partial charge is 0.480 e. The molecule has 1 aliphatic heterocycles. The monoisotopic (exact) mass is 177 g/mol. The van der Waals surface area contributed by atoms with Crippen LogP contribution in [-0.2, 0) is 11.2 Å². The molecule has 1 aliphatic rings. The summed E-state index contributed by atoms with van der Waals surface area (Å²) >= 11 is 0. The van der Waals surface area contributed by atoms with Gasteiger partial charge in [0, 0.05) is 12.1 Å². The van der Waals surface area contributed by atoms with Crippen LogP contribution in [0.3, 0.4) is 0 Å². The van der Waals surface area contributed by atoms with E-state index in [0.717, 1.165) is 11.3 Å². The lowest BCUT2D eigenvalue weighted by molar-refractivity contribution is -0.137. The first-order chi connectivity index (χ1) is 6.16. The van der Waals surface area contributed by atoms with Gasteiger partial charge < -0.3 is 10.4 Å². The number of hydrogen-bond acceptors (Lipinski definition) is 2. The van der Waals surface area contributed by atoms with Gasteiger partial charge in [-0.25, -0.2) is 4.79 Å². The van der Waals surface area contributed by atoms with Crippen LogP contribution in [0.15, 0.2) is 18.2 Å². The number of fused-ring (bicyclic) bond motifs is 1. The molecule has 0 spiro atoms. The minimum atomic E-state index is -0.783. The minimum absolute atomic E-state index is 0.447. The highest BCUT2D eigenvalue weighted by Crippen LogP contribution is 2.26. The Labute approximate surface area is 76.4 Å². The highest BCUT2D eigenvalue weighted by Gasteiger charge is 2.25. The summed E-state index contributed by atoms with van der Waals surface area (Å²) < 4.78 is 0. The van der Waals surface area contributed by atoms with Gasteiger partial charge in [-0.2, -0.15) is 0 Å². The summed E-state index contributed by atoms with van der Waals surface area (Å²) in [6, 6.07) is 5.51. The molecule has 0 saturated carbocycles. The summed E-state index contributed by atoms with van der Waals surface area (Å²) in [6.07, 6.45) is 0.590. The van der Waals surface area contributed by atoms with Crippen molar-refractivity contribution in [3.8, 4) is 0 Å². The van der Waals surface area contributed by atoms with Crippen LogP contribution in [0.5, 0.6) is 0 Å². The Morgan fingerprint density at radius 2 is 2.38 bits per heavy atom. The molecule has 68 valence electrons. The molecule has 1 aromatic carbocycles. The fraction of sp³-hybridized carbons (Fsp3) is 0.300. The van der Waals surface area contributed by atoms with Crippen LogP contribution in [0.4, 0.5) is 5.69 Å². The number of anilines is 1. The molecule has 3 heteroatoms. The van der Waals surface area contributed by atoms with Gasteiger partial charge in [0.15, 0.2) is 0 Å². The topological polar surface area (TPSA) is 49.3 Å². The molecule has 0 amide bonds. The van der Waals surface area contributed by atoms with Gasteiger partial charge >= 0.3 is 5.97 Å². The second-order valence-electron chi connectivity index (χ2n) is 3.40. The molecule has 1 heterocycles. The summed E-state index contributed by atoms with van der Waals surface area (Å²) in [5, 5.41) is 11.8. The van der Waals surface area contributed by atoms with Crippen LogP contribution < -0.4 is 5.32 Å². The van der Waals surface area contributed by atoms with E-state index < -0.39 is 12.0 Å². The third-order valence-corrected chi connectivity index (χ3v) is 2.31. The van der Waals surface area contributed by atoms with E-state index in [1.807, 2.05) is 25.1 Å². The number of aliphatic carboxylic acids is 1. The van der Waals surface area contributed by atoms with Crippen molar-refractivity contribution in [2.24, 2.45) is 0 Å². The second-order valence-corrected chi connectivity index (χ2v) is 3.40. The molecule has 1 aromatic rings. The first-order valence-electron chi connectivity index (χ1n) is 4.25. The number of benzene rings is 1. The first-order valence-corrected chi connectivity index (χ1v) is 4.25. The lowest BCUT2D eigenvalue weighted by Crippen LogP contribution is -2.26. The molecule has 2 N–H and O–H groups in total. The Balaban J connectivity index is 2.30. The number of rotatable bonds is 1. The number of carbonyl (C=O) groups is 1. The Hall–Kier alpha value is -1.51. The summed E-state index contributed by atoms with van der Waals surface area (Å²) in [5.41, 5.74) is 3.23. The zero-order valence-electron chi connectivity index (χ0n) is 7.37. The Kier molecular flexibility index (Phi) is 1.72. The molecule has 13 heavy (non-hydrogen) atoms. The standard InChI is InChI=1S/C10H11NO2/c1-6-2-3-8-7(4-6)5-9(11-8)10(12)13/h2-4,9,11H,5H2,1H3,(H,12,13). The van der Waals surface area contributed by atoms with E-state index in [-0.39, 0.29) is 0 Å². The number of nitrogens with one attached hydrogen (secondary N) is 1. The van der Waals surface area contributed by atoms with Crippen molar-refractivity contribution in [2.45, 2.75) is 19.4 Å². The molecule has 0 fully saturated rings. The van der Waals surface area contributed by atoms with Crippen LogP contribution >= 0.6 is 0 Å². The van der Waals surface area contributed by atoms with Gasteiger partial charge in [-0.05, 0) is 18.6 Å². The normalized spacial score (nSPS) is 19.3. The van der Waals surface area contributed by atoms with Gasteiger partial charge in [0.1, 0.15) is 6.04 Å². The van der Waals surface area contributed by atoms with Crippen molar-refractivity contribution in [2.75, 3.05) is 5.32 Å². The second kappa shape index (κ2) is 2.76. The molecule has 0 bridgehead atoms. The average molecular weight is 177 g/mol. The molecule has 0 saturated heterocycles. The van der Waals surface area contributed by atoms with Gasteiger partial charge in [0.25, 0.3) is 0 Å². The van der Waals surface area contributed by atoms with Crippen LogP contribution in [0, 0.1) is 6.92 Å². The predicted molar refractivity (Wildman–Crippen MR) is 49.9 cm³/mol. The third kappa shape index (κ3) is 1.37. The molecule has 1 atom stereocenters. The predicted octanol–water partition coefficient (Wildman–Crippen LogP) is 1.42. The lowest BCUT2D eigenvalue weighted by atomic mass is 10.1. The highest BCUT2D eigenvalue weighted by molar-refractivity contribution is 5.81. The minimum Gasteiger partial charge on any atom is -0.480 e. The van der Waals surface area contributed by atoms with Gasteiger partial charge in [-0.15, -0.1) is 0 Å². The molecular weight excluding hydrogens is 166 g/mol. The zero-order valence-corrected chi connectivity index (χ0v) is 7.37. The molecule has 3 nitrogen and oxygen atoms in total. The van der Waals surface area contributed by atoms with Gasteiger partial charge in [0.05, 0.1) is 0 Å². The SMILES string of the molecule is Cc1ccc2c(c1)CC(C(=O)O)N2. The number of carboxylic acid groups (broad SMARTS) is 1. The van der Waals surface area contributed by atoms with Crippen molar-refractivity contribution in [3.05, 3.63) is 29.3 Å². The Morgan fingerprint density at radius 1 is 1.62 bits per heavy atom. The number of carboxylic acids is 1. The fourth-order valence-electron chi connectivity index (χ4n) is 1.64. The van der Waals surface area contributed by atoms with Crippen molar-refractivity contribution in [3.63, 3.8) is 0 Å². The average Bonchev–Trinajstić information content (AvgIpc) is 2.46. The van der Waals surface area contributed by atoms with E-state index in [0.29, 0.717) is 6.42 Å².